The van der Waals surface area contributed by atoms with Crippen LogP contribution in [0.5, 0.6) is 0 Å². The maximum atomic E-state index is 2.25. The van der Waals surface area contributed by atoms with E-state index in [0.717, 1.165) is 0 Å². The minimum Gasteiger partial charge on any atom is -0.0587 e. The van der Waals surface area contributed by atoms with Crippen molar-refractivity contribution in [3.05, 3.63) is 47.0 Å². The van der Waals surface area contributed by atoms with Gasteiger partial charge in [-0.2, -0.15) is 0 Å². The summed E-state index contributed by atoms with van der Waals surface area (Å²) in [7, 11) is 0. The zero-order chi connectivity index (χ0) is 9.42. The summed E-state index contributed by atoms with van der Waals surface area (Å²) >= 11 is 0. The van der Waals surface area contributed by atoms with Crippen LogP contribution in [-0.2, 0) is 0 Å². The fraction of sp³-hybridized carbons (Fsp3) is 0.231. The van der Waals surface area contributed by atoms with Crippen LogP contribution in [0, 0.1) is 20.8 Å². The summed E-state index contributed by atoms with van der Waals surface area (Å²) in [6.45, 7) is 6.47. The van der Waals surface area contributed by atoms with Crippen molar-refractivity contribution in [2.24, 2.45) is 0 Å². The number of fused-ring (bicyclic) bond motifs is 1. The molecular weight excluding hydrogens is 156 g/mol. The molecule has 0 aliphatic heterocycles. The molecule has 0 saturated carbocycles. The molecule has 0 spiro atoms. The highest BCUT2D eigenvalue weighted by Gasteiger charge is 2.07. The van der Waals surface area contributed by atoms with Crippen LogP contribution >= 0.6 is 0 Å². The molecular formula is C13H14. The summed E-state index contributed by atoms with van der Waals surface area (Å²) in [5, 5.41) is 0. The van der Waals surface area contributed by atoms with Crippen molar-refractivity contribution >= 4 is 0 Å². The maximum Gasteiger partial charge on any atom is -0.0152 e. The molecule has 0 amide bonds. The predicted molar refractivity (Wildman–Crippen MR) is 57.3 cm³/mol. The van der Waals surface area contributed by atoms with Crippen molar-refractivity contribution in [2.45, 2.75) is 20.8 Å². The topological polar surface area (TPSA) is 0 Å². The Bertz CT molecular complexity index is 376. The van der Waals surface area contributed by atoms with Crippen LogP contribution in [0.2, 0.25) is 0 Å². The first-order valence-electron chi connectivity index (χ1n) is 4.65. The van der Waals surface area contributed by atoms with Gasteiger partial charge < -0.3 is 0 Å². The highest BCUT2D eigenvalue weighted by molar-refractivity contribution is 5.74. The monoisotopic (exact) mass is 170 g/mol. The van der Waals surface area contributed by atoms with Crippen LogP contribution in [0.4, 0.5) is 0 Å². The van der Waals surface area contributed by atoms with Gasteiger partial charge in [-0.1, -0.05) is 35.9 Å². The third-order valence-corrected chi connectivity index (χ3v) is 2.60. The quantitative estimate of drug-likeness (QED) is 0.565. The summed E-state index contributed by atoms with van der Waals surface area (Å²) in [6, 6.07) is 11.0. The van der Waals surface area contributed by atoms with Gasteiger partial charge in [0.2, 0.25) is 0 Å². The van der Waals surface area contributed by atoms with Crippen LogP contribution in [0.25, 0.3) is 11.1 Å². The normalized spacial score (nSPS) is 10.7. The van der Waals surface area contributed by atoms with Crippen molar-refractivity contribution in [1.82, 2.24) is 0 Å². The first-order chi connectivity index (χ1) is 6.18. The average Bonchev–Trinajstić information content (AvgIpc) is 2.27. The Balaban J connectivity index is 2.78. The molecule has 0 aromatic rings. The van der Waals surface area contributed by atoms with Crippen LogP contribution in [0.1, 0.15) is 16.7 Å². The lowest BCUT2D eigenvalue weighted by Crippen LogP contribution is -1.70. The Hall–Kier alpha value is -1.30. The lowest BCUT2D eigenvalue weighted by atomic mass is 10.1. The Labute approximate surface area is 79.6 Å². The van der Waals surface area contributed by atoms with Gasteiger partial charge in [-0.15, -0.1) is 0 Å². The Morgan fingerprint density at radius 1 is 0.692 bits per heavy atom. The van der Waals surface area contributed by atoms with E-state index >= 15 is 0 Å². The van der Waals surface area contributed by atoms with E-state index in [2.05, 4.69) is 51.1 Å². The molecule has 0 atom stereocenters. The van der Waals surface area contributed by atoms with Gasteiger partial charge in [0.15, 0.2) is 0 Å². The third-order valence-electron chi connectivity index (χ3n) is 2.60. The molecule has 2 aliphatic rings. The van der Waals surface area contributed by atoms with E-state index in [0.29, 0.717) is 0 Å². The number of aryl methyl sites for hydroxylation is 3. The molecule has 66 valence electrons. The summed E-state index contributed by atoms with van der Waals surface area (Å²) in [6.07, 6.45) is 0. The molecule has 13 heavy (non-hydrogen) atoms. The zero-order valence-corrected chi connectivity index (χ0v) is 8.39. The van der Waals surface area contributed by atoms with Gasteiger partial charge in [-0.3, -0.25) is 0 Å². The molecule has 2 rings (SSSR count). The Kier molecular flexibility index (Phi) is 1.84. The van der Waals surface area contributed by atoms with Crippen LogP contribution in [0.3, 0.4) is 0 Å². The van der Waals surface area contributed by atoms with Gasteiger partial charge in [0.1, 0.15) is 0 Å². The molecule has 0 aromatic heterocycles. The second kappa shape index (κ2) is 2.88. The third kappa shape index (κ3) is 1.33. The van der Waals surface area contributed by atoms with Gasteiger partial charge in [-0.05, 0) is 43.0 Å². The highest BCUT2D eigenvalue weighted by atomic mass is 14.1. The van der Waals surface area contributed by atoms with Gasteiger partial charge in [0, 0.05) is 0 Å². The van der Waals surface area contributed by atoms with Crippen molar-refractivity contribution in [3.8, 4) is 11.1 Å². The lowest BCUT2D eigenvalue weighted by Gasteiger charge is -1.94. The zero-order valence-electron chi connectivity index (χ0n) is 8.39. The van der Waals surface area contributed by atoms with Crippen molar-refractivity contribution in [1.29, 1.82) is 0 Å². The largest absolute Gasteiger partial charge is 0.0587 e. The number of rotatable bonds is 0. The highest BCUT2D eigenvalue weighted by Crippen LogP contribution is 2.30. The molecule has 2 aliphatic carbocycles. The van der Waals surface area contributed by atoms with Crippen LogP contribution in [-0.4, -0.2) is 0 Å². The summed E-state index contributed by atoms with van der Waals surface area (Å²) in [5.74, 6) is 0. The first kappa shape index (κ1) is 8.31. The summed E-state index contributed by atoms with van der Waals surface area (Å²) in [5.41, 5.74) is 6.83. The van der Waals surface area contributed by atoms with Crippen molar-refractivity contribution in [2.75, 3.05) is 0 Å². The van der Waals surface area contributed by atoms with Gasteiger partial charge in [0.05, 0.1) is 0 Å². The van der Waals surface area contributed by atoms with Crippen LogP contribution in [0.15, 0.2) is 30.3 Å². The lowest BCUT2D eigenvalue weighted by molar-refractivity contribution is 1.49. The standard InChI is InChI=1S/C13H14/c1-9-4-6-12-10(2)8-11(3)13(12)7-5-9/h4-8H,1-3H3. The molecule has 0 radical (unpaired) electrons. The fourth-order valence-corrected chi connectivity index (χ4v) is 1.83. The maximum absolute atomic E-state index is 2.25. The minimum absolute atomic E-state index is 1.31. The van der Waals surface area contributed by atoms with Gasteiger partial charge in [0.25, 0.3) is 0 Å². The molecule has 0 unspecified atom stereocenters. The number of hydrogen-bond acceptors (Lipinski definition) is 0. The van der Waals surface area contributed by atoms with Crippen LogP contribution < -0.4 is 0 Å². The van der Waals surface area contributed by atoms with E-state index in [1.807, 2.05) is 0 Å². The fourth-order valence-electron chi connectivity index (χ4n) is 1.83. The van der Waals surface area contributed by atoms with E-state index in [1.54, 1.807) is 0 Å². The smallest absolute Gasteiger partial charge is 0.0152 e. The predicted octanol–water partition coefficient (Wildman–Crippen LogP) is 3.72. The second-order valence-electron chi connectivity index (χ2n) is 3.75. The second-order valence-corrected chi connectivity index (χ2v) is 3.75. The average molecular weight is 170 g/mol. The number of hydrogen-bond donors (Lipinski definition) is 0. The van der Waals surface area contributed by atoms with E-state index in [1.165, 1.54) is 27.8 Å². The van der Waals surface area contributed by atoms with Gasteiger partial charge >= 0.3 is 0 Å². The molecule has 0 fully saturated rings. The summed E-state index contributed by atoms with van der Waals surface area (Å²) in [4.78, 5) is 0. The van der Waals surface area contributed by atoms with Crippen molar-refractivity contribution < 1.29 is 0 Å². The Morgan fingerprint density at radius 3 is 1.62 bits per heavy atom. The van der Waals surface area contributed by atoms with Crippen molar-refractivity contribution in [3.63, 3.8) is 0 Å². The van der Waals surface area contributed by atoms with Gasteiger partial charge in [-0.25, -0.2) is 0 Å². The molecule has 0 aromatic carbocycles. The molecule has 0 heteroatoms. The summed E-state index contributed by atoms with van der Waals surface area (Å²) < 4.78 is 0. The molecule has 0 N–H and O–H groups in total. The van der Waals surface area contributed by atoms with E-state index < -0.39 is 0 Å². The van der Waals surface area contributed by atoms with E-state index in [9.17, 15) is 0 Å². The van der Waals surface area contributed by atoms with E-state index in [-0.39, 0.29) is 0 Å². The first-order valence-corrected chi connectivity index (χ1v) is 4.65. The molecule has 0 saturated heterocycles. The molecule has 0 bridgehead atoms. The molecule has 0 heterocycles. The molecule has 0 nitrogen and oxygen atoms in total. The van der Waals surface area contributed by atoms with E-state index in [4.69, 9.17) is 0 Å². The SMILES string of the molecule is Cc1ccc2c(C)cc(C)c-2cc1. The Morgan fingerprint density at radius 2 is 1.15 bits per heavy atom. The minimum atomic E-state index is 1.31.